The lowest BCUT2D eigenvalue weighted by molar-refractivity contribution is -0.897. The Bertz CT molecular complexity index is 703. The highest BCUT2D eigenvalue weighted by Crippen LogP contribution is 2.18. The molecule has 1 fully saturated rings. The SMILES string of the molecule is CCCCCCCCCCCCC[N+]1(C)CCCC1.CCCCCCCCCCCCCn1c(C)c(C)[n+](C)c1C. The Hall–Kier alpha value is -0.830. The molecule has 0 radical (unpaired) electrons. The number of hydrogen-bond acceptors (Lipinski definition) is 0. The van der Waals surface area contributed by atoms with Crippen LogP contribution in [-0.2, 0) is 13.6 Å². The van der Waals surface area contributed by atoms with Crippen LogP contribution in [0.2, 0.25) is 0 Å². The van der Waals surface area contributed by atoms with E-state index in [9.17, 15) is 0 Å². The molecule has 0 bridgehead atoms. The molecule has 0 aromatic carbocycles. The van der Waals surface area contributed by atoms with Gasteiger partial charge in [0.15, 0.2) is 0 Å². The summed E-state index contributed by atoms with van der Waals surface area (Å²) in [6.07, 6.45) is 34.6. The number of rotatable bonds is 24. The summed E-state index contributed by atoms with van der Waals surface area (Å²) < 4.78 is 6.17. The average Bonchev–Trinajstić information content (AvgIpc) is 3.48. The van der Waals surface area contributed by atoms with Gasteiger partial charge in [0.2, 0.25) is 0 Å². The quantitative estimate of drug-likeness (QED) is 0.0658. The zero-order chi connectivity index (χ0) is 30.2. The van der Waals surface area contributed by atoms with Crippen molar-refractivity contribution in [3.05, 3.63) is 17.2 Å². The van der Waals surface area contributed by atoms with E-state index < -0.39 is 0 Å². The molecule has 0 atom stereocenters. The molecule has 41 heavy (non-hydrogen) atoms. The van der Waals surface area contributed by atoms with Crippen molar-refractivity contribution in [3.63, 3.8) is 0 Å². The van der Waals surface area contributed by atoms with Crippen LogP contribution in [0.4, 0.5) is 0 Å². The minimum atomic E-state index is 1.19. The fraction of sp³-hybridized carbons (Fsp3) is 0.921. The minimum absolute atomic E-state index is 1.19. The first-order valence-electron chi connectivity index (χ1n) is 18.7. The normalized spacial score (nSPS) is 14.4. The summed E-state index contributed by atoms with van der Waals surface area (Å²) in [7, 11) is 4.64. The standard InChI is InChI=1S/C20H39N2.C18H38N/c1-6-7-8-9-10-11-12-13-14-15-16-17-22-19(3)18(2)21(5)20(22)4;1-3-4-5-6-7-8-9-10-11-12-13-16-19(2)17-14-15-18-19/h6-17H2,1-5H3;3-18H2,1-2H3/q2*+1. The number of quaternary nitrogens is 1. The summed E-state index contributed by atoms with van der Waals surface area (Å²) in [5, 5.41) is 0. The number of nitrogens with zero attached hydrogens (tertiary/aromatic N) is 3. The molecular weight excluding hydrogens is 498 g/mol. The van der Waals surface area contributed by atoms with Gasteiger partial charge in [-0.3, -0.25) is 0 Å². The highest BCUT2D eigenvalue weighted by molar-refractivity contribution is 5.06. The fourth-order valence-electron chi connectivity index (χ4n) is 6.85. The molecule has 1 aromatic heterocycles. The number of aromatic nitrogens is 2. The second-order valence-corrected chi connectivity index (χ2v) is 14.0. The van der Waals surface area contributed by atoms with Gasteiger partial charge >= 0.3 is 0 Å². The van der Waals surface area contributed by atoms with Gasteiger partial charge in [-0.05, 0) is 25.7 Å². The monoisotopic (exact) mass is 576 g/mol. The third kappa shape index (κ3) is 17.8. The molecule has 3 nitrogen and oxygen atoms in total. The number of hydrogen-bond donors (Lipinski definition) is 0. The van der Waals surface area contributed by atoms with Crippen LogP contribution in [0.25, 0.3) is 0 Å². The van der Waals surface area contributed by atoms with Crippen molar-refractivity contribution < 1.29 is 9.05 Å². The third-order valence-corrected chi connectivity index (χ3v) is 10.2. The first-order valence-corrected chi connectivity index (χ1v) is 18.7. The molecule has 242 valence electrons. The largest absolute Gasteiger partial charge is 0.326 e. The van der Waals surface area contributed by atoms with Gasteiger partial charge in [-0.15, -0.1) is 0 Å². The van der Waals surface area contributed by atoms with Crippen LogP contribution in [0.5, 0.6) is 0 Å². The Morgan fingerprint density at radius 1 is 0.561 bits per heavy atom. The lowest BCUT2D eigenvalue weighted by atomic mass is 10.1. The maximum absolute atomic E-state index is 2.49. The van der Waals surface area contributed by atoms with Crippen LogP contribution in [0.1, 0.15) is 185 Å². The van der Waals surface area contributed by atoms with Gasteiger partial charge in [-0.2, -0.15) is 0 Å². The number of imidazole rings is 1. The van der Waals surface area contributed by atoms with Gasteiger partial charge in [-0.25, -0.2) is 9.13 Å². The molecule has 0 aliphatic carbocycles. The Morgan fingerprint density at radius 3 is 1.29 bits per heavy atom. The van der Waals surface area contributed by atoms with Crippen LogP contribution in [0.15, 0.2) is 0 Å². The zero-order valence-corrected chi connectivity index (χ0v) is 29.6. The summed E-state index contributed by atoms with van der Waals surface area (Å²) in [5.41, 5.74) is 2.84. The summed E-state index contributed by atoms with van der Waals surface area (Å²) in [6, 6.07) is 0. The van der Waals surface area contributed by atoms with E-state index in [1.165, 1.54) is 202 Å². The smallest absolute Gasteiger partial charge is 0.253 e. The average molecular weight is 576 g/mol. The molecule has 1 aliphatic rings. The molecule has 0 N–H and O–H groups in total. The molecule has 2 heterocycles. The molecule has 2 rings (SSSR count). The van der Waals surface area contributed by atoms with Gasteiger partial charge in [0, 0.05) is 33.6 Å². The van der Waals surface area contributed by atoms with Crippen LogP contribution in [0.3, 0.4) is 0 Å². The lowest BCUT2D eigenvalue weighted by Gasteiger charge is -2.29. The first-order chi connectivity index (χ1) is 19.9. The predicted octanol–water partition coefficient (Wildman–Crippen LogP) is 11.1. The number of unbranched alkanes of at least 4 members (excludes halogenated alkanes) is 20. The van der Waals surface area contributed by atoms with E-state index in [0.29, 0.717) is 0 Å². The Kier molecular flexibility index (Phi) is 22.9. The summed E-state index contributed by atoms with van der Waals surface area (Å²) in [4.78, 5) is 0. The number of likely N-dealkylation sites (tertiary alicyclic amines) is 1. The molecule has 1 saturated heterocycles. The molecule has 0 saturated carbocycles. The van der Waals surface area contributed by atoms with Crippen LogP contribution < -0.4 is 4.57 Å². The molecule has 0 spiro atoms. The van der Waals surface area contributed by atoms with E-state index >= 15 is 0 Å². The zero-order valence-electron chi connectivity index (χ0n) is 29.6. The van der Waals surface area contributed by atoms with E-state index in [0.717, 1.165) is 0 Å². The van der Waals surface area contributed by atoms with Gasteiger partial charge in [-0.1, -0.05) is 129 Å². The van der Waals surface area contributed by atoms with Crippen LogP contribution in [-0.4, -0.2) is 35.7 Å². The summed E-state index contributed by atoms with van der Waals surface area (Å²) in [6.45, 7) is 16.8. The Labute approximate surface area is 259 Å². The summed E-state index contributed by atoms with van der Waals surface area (Å²) in [5.74, 6) is 1.39. The highest BCUT2D eigenvalue weighted by Gasteiger charge is 2.25. The van der Waals surface area contributed by atoms with Crippen molar-refractivity contribution in [2.24, 2.45) is 7.05 Å². The van der Waals surface area contributed by atoms with Crippen LogP contribution >= 0.6 is 0 Å². The topological polar surface area (TPSA) is 8.81 Å². The molecule has 1 aliphatic heterocycles. The van der Waals surface area contributed by atoms with Crippen molar-refractivity contribution in [2.75, 3.05) is 26.7 Å². The molecule has 0 amide bonds. The van der Waals surface area contributed by atoms with Gasteiger partial charge in [0.25, 0.3) is 5.82 Å². The van der Waals surface area contributed by atoms with E-state index in [1.54, 1.807) is 0 Å². The Balaban J connectivity index is 0.000000414. The maximum atomic E-state index is 2.49. The van der Waals surface area contributed by atoms with Crippen molar-refractivity contribution >= 4 is 0 Å². The highest BCUT2D eigenvalue weighted by atomic mass is 15.3. The minimum Gasteiger partial charge on any atom is -0.326 e. The maximum Gasteiger partial charge on any atom is 0.253 e. The van der Waals surface area contributed by atoms with Crippen molar-refractivity contribution in [1.29, 1.82) is 0 Å². The third-order valence-electron chi connectivity index (χ3n) is 10.2. The van der Waals surface area contributed by atoms with Crippen LogP contribution in [0, 0.1) is 20.8 Å². The second kappa shape index (κ2) is 24.6. The van der Waals surface area contributed by atoms with Crippen molar-refractivity contribution in [2.45, 2.75) is 195 Å². The second-order valence-electron chi connectivity index (χ2n) is 14.0. The molecular formula is C38H77N3+2. The van der Waals surface area contributed by atoms with Gasteiger partial charge in [0.1, 0.15) is 11.4 Å². The van der Waals surface area contributed by atoms with Crippen molar-refractivity contribution in [3.8, 4) is 0 Å². The fourth-order valence-corrected chi connectivity index (χ4v) is 6.85. The van der Waals surface area contributed by atoms with Gasteiger partial charge < -0.3 is 4.48 Å². The lowest BCUT2D eigenvalue weighted by Crippen LogP contribution is -2.41. The van der Waals surface area contributed by atoms with E-state index in [4.69, 9.17) is 0 Å². The van der Waals surface area contributed by atoms with E-state index in [2.05, 4.69) is 57.8 Å². The molecule has 1 aromatic rings. The van der Waals surface area contributed by atoms with E-state index in [-0.39, 0.29) is 0 Å². The molecule has 0 unspecified atom stereocenters. The predicted molar refractivity (Wildman–Crippen MR) is 183 cm³/mol. The van der Waals surface area contributed by atoms with E-state index in [1.807, 2.05) is 0 Å². The van der Waals surface area contributed by atoms with Crippen molar-refractivity contribution in [1.82, 2.24) is 4.57 Å². The summed E-state index contributed by atoms with van der Waals surface area (Å²) >= 11 is 0. The first kappa shape index (κ1) is 38.2. The molecule has 3 heteroatoms. The Morgan fingerprint density at radius 2 is 0.927 bits per heavy atom. The van der Waals surface area contributed by atoms with Gasteiger partial charge in [0.05, 0.1) is 40.3 Å².